The predicted molar refractivity (Wildman–Crippen MR) is 89.6 cm³/mol. The molecule has 9 heteroatoms. The molecule has 0 aliphatic carbocycles. The average Bonchev–Trinajstić information content (AvgIpc) is 3.40. The molecule has 1 unspecified atom stereocenters. The third-order valence-electron chi connectivity index (χ3n) is 4.57. The minimum atomic E-state index is -2.74. The standard InChI is InChI=1S/C17H18F2N6O/c1-2-10-3-5-11(6-4-10)16-21-17(26-23-16)13-14(15(18)19)25(24-22-13)12-7-8-20-9-12/h3-6,12,15,20H,2,7-9H2,1H3. The molecule has 0 radical (unpaired) electrons. The van der Waals surface area contributed by atoms with Crippen molar-refractivity contribution in [3.8, 4) is 23.0 Å². The smallest absolute Gasteiger partial charge is 0.282 e. The molecule has 26 heavy (non-hydrogen) atoms. The summed E-state index contributed by atoms with van der Waals surface area (Å²) in [4.78, 5) is 4.25. The van der Waals surface area contributed by atoms with Gasteiger partial charge in [-0.25, -0.2) is 13.5 Å². The Morgan fingerprint density at radius 1 is 1.31 bits per heavy atom. The van der Waals surface area contributed by atoms with Crippen LogP contribution in [0.15, 0.2) is 28.8 Å². The monoisotopic (exact) mass is 360 g/mol. The number of alkyl halides is 2. The summed E-state index contributed by atoms with van der Waals surface area (Å²) in [7, 11) is 0. The molecule has 0 bridgehead atoms. The number of nitrogens with zero attached hydrogens (tertiary/aromatic N) is 5. The van der Waals surface area contributed by atoms with Crippen LogP contribution in [-0.4, -0.2) is 38.2 Å². The van der Waals surface area contributed by atoms with Crippen molar-refractivity contribution in [2.75, 3.05) is 13.1 Å². The van der Waals surface area contributed by atoms with Crippen molar-refractivity contribution >= 4 is 0 Å². The minimum absolute atomic E-state index is 0.0490. The number of aromatic nitrogens is 5. The lowest BCUT2D eigenvalue weighted by atomic mass is 10.1. The lowest BCUT2D eigenvalue weighted by Gasteiger charge is -2.11. The van der Waals surface area contributed by atoms with E-state index in [1.165, 1.54) is 10.2 Å². The van der Waals surface area contributed by atoms with Crippen LogP contribution in [0.3, 0.4) is 0 Å². The Hall–Kier alpha value is -2.68. The first-order valence-corrected chi connectivity index (χ1v) is 8.54. The number of hydrogen-bond acceptors (Lipinski definition) is 6. The fourth-order valence-corrected chi connectivity index (χ4v) is 3.10. The van der Waals surface area contributed by atoms with E-state index >= 15 is 0 Å². The summed E-state index contributed by atoms with van der Waals surface area (Å²) >= 11 is 0. The fraction of sp³-hybridized carbons (Fsp3) is 0.412. The molecule has 0 amide bonds. The maximum atomic E-state index is 13.7. The topological polar surface area (TPSA) is 81.7 Å². The molecule has 1 aliphatic rings. The van der Waals surface area contributed by atoms with Crippen molar-refractivity contribution in [3.63, 3.8) is 0 Å². The largest absolute Gasteiger partial charge is 0.332 e. The van der Waals surface area contributed by atoms with Gasteiger partial charge in [0, 0.05) is 12.1 Å². The van der Waals surface area contributed by atoms with E-state index in [0.717, 1.165) is 24.9 Å². The normalized spacial score (nSPS) is 17.3. The highest BCUT2D eigenvalue weighted by Gasteiger charge is 2.31. The Morgan fingerprint density at radius 2 is 2.12 bits per heavy atom. The highest BCUT2D eigenvalue weighted by molar-refractivity contribution is 5.59. The highest BCUT2D eigenvalue weighted by Crippen LogP contribution is 2.32. The summed E-state index contributed by atoms with van der Waals surface area (Å²) in [6.45, 7) is 3.42. The SMILES string of the molecule is CCc1ccc(-c2noc(-c3nnn(C4CCNC4)c3C(F)F)n2)cc1. The summed E-state index contributed by atoms with van der Waals surface area (Å²) in [5.74, 6) is 0.284. The highest BCUT2D eigenvalue weighted by atomic mass is 19.3. The van der Waals surface area contributed by atoms with E-state index in [-0.39, 0.29) is 23.3 Å². The molecule has 136 valence electrons. The van der Waals surface area contributed by atoms with Gasteiger partial charge in [0.1, 0.15) is 5.69 Å². The van der Waals surface area contributed by atoms with Crippen molar-refractivity contribution < 1.29 is 13.3 Å². The summed E-state index contributed by atoms with van der Waals surface area (Å²) < 4.78 is 33.8. The second-order valence-corrected chi connectivity index (χ2v) is 6.19. The number of benzene rings is 1. The van der Waals surface area contributed by atoms with Gasteiger partial charge in [0.2, 0.25) is 5.82 Å². The zero-order valence-corrected chi connectivity index (χ0v) is 14.2. The average molecular weight is 360 g/mol. The summed E-state index contributed by atoms with van der Waals surface area (Å²) in [6, 6.07) is 7.55. The zero-order valence-electron chi connectivity index (χ0n) is 14.2. The van der Waals surface area contributed by atoms with Gasteiger partial charge < -0.3 is 9.84 Å². The molecule has 1 fully saturated rings. The molecular formula is C17H18F2N6O. The van der Waals surface area contributed by atoms with Gasteiger partial charge in [0.25, 0.3) is 12.3 Å². The molecule has 7 nitrogen and oxygen atoms in total. The van der Waals surface area contributed by atoms with E-state index in [4.69, 9.17) is 4.52 Å². The van der Waals surface area contributed by atoms with Gasteiger partial charge in [0.05, 0.1) is 6.04 Å². The number of nitrogens with one attached hydrogen (secondary N) is 1. The van der Waals surface area contributed by atoms with Gasteiger partial charge >= 0.3 is 0 Å². The van der Waals surface area contributed by atoms with E-state index in [1.54, 1.807) is 0 Å². The molecule has 2 aromatic heterocycles. The summed E-state index contributed by atoms with van der Waals surface area (Å²) in [5, 5.41) is 14.9. The Balaban J connectivity index is 1.68. The molecule has 1 atom stereocenters. The van der Waals surface area contributed by atoms with Crippen molar-refractivity contribution in [2.45, 2.75) is 32.2 Å². The maximum Gasteiger partial charge on any atom is 0.282 e. The van der Waals surface area contributed by atoms with Crippen LogP contribution < -0.4 is 5.32 Å². The molecule has 1 aromatic carbocycles. The first kappa shape index (κ1) is 16.8. The van der Waals surface area contributed by atoms with E-state index in [9.17, 15) is 8.78 Å². The van der Waals surface area contributed by atoms with Gasteiger partial charge in [0.15, 0.2) is 5.69 Å². The van der Waals surface area contributed by atoms with Gasteiger partial charge in [-0.3, -0.25) is 0 Å². The van der Waals surface area contributed by atoms with E-state index < -0.39 is 6.43 Å². The number of hydrogen-bond donors (Lipinski definition) is 1. The molecule has 0 spiro atoms. The van der Waals surface area contributed by atoms with Crippen molar-refractivity contribution in [1.29, 1.82) is 0 Å². The second-order valence-electron chi connectivity index (χ2n) is 6.19. The first-order chi connectivity index (χ1) is 12.7. The second kappa shape index (κ2) is 6.91. The molecule has 4 rings (SSSR count). The van der Waals surface area contributed by atoms with E-state index in [1.807, 2.05) is 24.3 Å². The number of rotatable bonds is 5. The molecule has 1 N–H and O–H groups in total. The van der Waals surface area contributed by atoms with Crippen LogP contribution in [0.4, 0.5) is 8.78 Å². The Kier molecular flexibility index (Phi) is 4.46. The van der Waals surface area contributed by atoms with Crippen LogP contribution in [0.2, 0.25) is 0 Å². The van der Waals surface area contributed by atoms with Crippen LogP contribution in [0.5, 0.6) is 0 Å². The number of aryl methyl sites for hydroxylation is 1. The van der Waals surface area contributed by atoms with Crippen molar-refractivity contribution in [2.24, 2.45) is 0 Å². The Labute approximate surface area is 148 Å². The van der Waals surface area contributed by atoms with Crippen LogP contribution in [0, 0.1) is 0 Å². The zero-order chi connectivity index (χ0) is 18.1. The van der Waals surface area contributed by atoms with E-state index in [0.29, 0.717) is 12.4 Å². The Morgan fingerprint density at radius 3 is 2.77 bits per heavy atom. The summed E-state index contributed by atoms with van der Waals surface area (Å²) in [5.41, 5.74) is 1.60. The molecule has 3 heterocycles. The third kappa shape index (κ3) is 2.98. The predicted octanol–water partition coefficient (Wildman–Crippen LogP) is 3.03. The lowest BCUT2D eigenvalue weighted by molar-refractivity contribution is 0.136. The quantitative estimate of drug-likeness (QED) is 0.753. The van der Waals surface area contributed by atoms with Gasteiger partial charge in [-0.2, -0.15) is 4.98 Å². The Bertz CT molecular complexity index is 883. The first-order valence-electron chi connectivity index (χ1n) is 8.54. The summed E-state index contributed by atoms with van der Waals surface area (Å²) in [6.07, 6.45) is -1.09. The van der Waals surface area contributed by atoms with Crippen LogP contribution in [0.1, 0.15) is 37.1 Å². The lowest BCUT2D eigenvalue weighted by Crippen LogP contribution is -2.17. The van der Waals surface area contributed by atoms with Crippen molar-refractivity contribution in [3.05, 3.63) is 35.5 Å². The third-order valence-corrected chi connectivity index (χ3v) is 4.57. The molecule has 1 saturated heterocycles. The van der Waals surface area contributed by atoms with Gasteiger partial charge in [-0.05, 0) is 24.9 Å². The van der Waals surface area contributed by atoms with Crippen LogP contribution in [0.25, 0.3) is 23.0 Å². The number of halogens is 2. The molecular weight excluding hydrogens is 342 g/mol. The van der Waals surface area contributed by atoms with Crippen LogP contribution >= 0.6 is 0 Å². The van der Waals surface area contributed by atoms with Crippen molar-refractivity contribution in [1.82, 2.24) is 30.5 Å². The van der Waals surface area contributed by atoms with Crippen LogP contribution in [-0.2, 0) is 6.42 Å². The molecule has 1 aliphatic heterocycles. The molecule has 3 aromatic rings. The molecule has 0 saturated carbocycles. The minimum Gasteiger partial charge on any atom is -0.332 e. The maximum absolute atomic E-state index is 13.7. The van der Waals surface area contributed by atoms with Gasteiger partial charge in [-0.1, -0.05) is 41.6 Å². The van der Waals surface area contributed by atoms with E-state index in [2.05, 4.69) is 32.7 Å². The van der Waals surface area contributed by atoms with Gasteiger partial charge in [-0.15, -0.1) is 5.10 Å². The fourth-order valence-electron chi connectivity index (χ4n) is 3.10.